The van der Waals surface area contributed by atoms with Gasteiger partial charge in [-0.3, -0.25) is 14.9 Å². The number of aliphatic hydroxyl groups is 11. The molecule has 26 heteroatoms. The van der Waals surface area contributed by atoms with Crippen LogP contribution in [-0.2, 0) is 42.7 Å². The number of carbonyl (C=O) groups is 1. The molecule has 0 bridgehead atoms. The molecule has 4 saturated heterocycles. The first kappa shape index (κ1) is 51.1. The number of benzene rings is 1. The van der Waals surface area contributed by atoms with Crippen LogP contribution in [0.25, 0.3) is 0 Å². The molecule has 63 heavy (non-hydrogen) atoms. The number of amides is 1. The van der Waals surface area contributed by atoms with Crippen LogP contribution in [0.15, 0.2) is 24.3 Å². The van der Waals surface area contributed by atoms with Gasteiger partial charge in [-0.15, -0.1) is 0 Å². The number of hydrogen-bond donors (Lipinski definition) is 13. The van der Waals surface area contributed by atoms with Crippen molar-refractivity contribution in [3.63, 3.8) is 0 Å². The third-order valence-corrected chi connectivity index (χ3v) is 11.0. The highest BCUT2D eigenvalue weighted by Gasteiger charge is 2.55. The second kappa shape index (κ2) is 23.5. The molecule has 1 aromatic rings. The molecule has 26 nitrogen and oxygen atoms in total. The van der Waals surface area contributed by atoms with Crippen molar-refractivity contribution in [2.45, 2.75) is 149 Å². The van der Waals surface area contributed by atoms with E-state index in [0.29, 0.717) is 19.4 Å². The molecule has 4 heterocycles. The van der Waals surface area contributed by atoms with Crippen LogP contribution in [0.1, 0.15) is 26.2 Å². The molecular weight excluding hydrogens is 854 g/mol. The van der Waals surface area contributed by atoms with Gasteiger partial charge in [0.05, 0.1) is 24.7 Å². The Morgan fingerprint density at radius 1 is 0.651 bits per heavy atom. The number of nitrogens with two attached hydrogens (primary N) is 1. The summed E-state index contributed by atoms with van der Waals surface area (Å²) in [4.78, 5) is 22.5. The average Bonchev–Trinajstić information content (AvgIpc) is 3.26. The van der Waals surface area contributed by atoms with Crippen molar-refractivity contribution in [2.75, 3.05) is 39.6 Å². The maximum absolute atomic E-state index is 12.0. The number of nitro groups is 1. The zero-order chi connectivity index (χ0) is 46.1. The van der Waals surface area contributed by atoms with Gasteiger partial charge in [-0.05, 0) is 37.9 Å². The first-order valence-electron chi connectivity index (χ1n) is 20.4. The minimum Gasteiger partial charge on any atom is -0.491 e. The lowest BCUT2D eigenvalue weighted by Gasteiger charge is -2.49. The summed E-state index contributed by atoms with van der Waals surface area (Å²) in [6, 6.07) is 3.48. The highest BCUT2D eigenvalue weighted by molar-refractivity contribution is 5.73. The van der Waals surface area contributed by atoms with Gasteiger partial charge in [0.15, 0.2) is 25.2 Å². The van der Waals surface area contributed by atoms with Crippen molar-refractivity contribution in [1.29, 1.82) is 0 Å². The Bertz CT molecular complexity index is 1570. The molecule has 1 aromatic carbocycles. The van der Waals surface area contributed by atoms with E-state index in [1.807, 2.05) is 0 Å². The van der Waals surface area contributed by atoms with E-state index >= 15 is 0 Å². The Balaban J connectivity index is 1.31. The Hall–Kier alpha value is -2.91. The van der Waals surface area contributed by atoms with E-state index < -0.39 is 160 Å². The molecule has 360 valence electrons. The van der Waals surface area contributed by atoms with Crippen LogP contribution in [0, 0.1) is 10.1 Å². The molecule has 20 atom stereocenters. The lowest BCUT2D eigenvalue weighted by Crippen LogP contribution is -2.69. The number of aliphatic hydroxyl groups excluding tert-OH is 11. The van der Waals surface area contributed by atoms with Crippen LogP contribution in [0.5, 0.6) is 5.75 Å². The lowest BCUT2D eigenvalue weighted by atomic mass is 9.95. The minimum atomic E-state index is -2.07. The summed E-state index contributed by atoms with van der Waals surface area (Å²) < 4.78 is 51.9. The van der Waals surface area contributed by atoms with E-state index in [0.717, 1.165) is 13.3 Å². The summed E-state index contributed by atoms with van der Waals surface area (Å²) in [5.74, 6) is -0.556. The number of unbranched alkanes of at least 4 members (excludes halogenated alkanes) is 2. The average molecular weight is 914 g/mol. The van der Waals surface area contributed by atoms with Gasteiger partial charge in [-0.25, -0.2) is 0 Å². The summed E-state index contributed by atoms with van der Waals surface area (Å²) >= 11 is 0. The summed E-state index contributed by atoms with van der Waals surface area (Å²) in [7, 11) is 0. The van der Waals surface area contributed by atoms with Gasteiger partial charge >= 0.3 is 0 Å². The Morgan fingerprint density at radius 2 is 1.17 bits per heavy atom. The van der Waals surface area contributed by atoms with Crippen LogP contribution < -0.4 is 15.8 Å². The molecule has 4 aliphatic rings. The van der Waals surface area contributed by atoms with Gasteiger partial charge in [0.25, 0.3) is 5.69 Å². The van der Waals surface area contributed by atoms with Crippen molar-refractivity contribution < 1.29 is 109 Å². The number of nitrogens with one attached hydrogen (secondary N) is 1. The molecule has 0 saturated carbocycles. The summed E-state index contributed by atoms with van der Waals surface area (Å²) in [5, 5.41) is 132. The molecule has 0 aromatic heterocycles. The van der Waals surface area contributed by atoms with Crippen molar-refractivity contribution in [2.24, 2.45) is 5.73 Å². The van der Waals surface area contributed by atoms with Gasteiger partial charge in [-0.2, -0.15) is 0 Å². The number of carbonyl (C=O) groups excluding carboxylic acids is 1. The number of non-ortho nitro benzene ring substituents is 1. The summed E-state index contributed by atoms with van der Waals surface area (Å²) in [6.07, 6.45) is -31.2. The second-order valence-corrected chi connectivity index (χ2v) is 15.5. The fraction of sp³-hybridized carbons (Fsp3) is 0.811. The van der Waals surface area contributed by atoms with E-state index in [9.17, 15) is 71.1 Å². The fourth-order valence-electron chi connectivity index (χ4n) is 7.52. The standard InChI is InChI=1S/C37H59N3O23/c1-15(44)39-22-25(47)23(45)18(11-41)57-34(22)63-33-24(46)19(12-42)58-37(30(33)52)61-31-20(13-43)59-36(29(51)27(31)49)62-32-21(14-56-17-7-5-16(6-8-17)40(53)54)60-35(28(50)26(32)48)55-10-4-2-3-9-38/h5-8,18-37,41-43,45-52H,2-4,9-14,38H2,1H3,(H,39,44)/t18?,19?,20?,21?,22?,23-,24-,25?,26?,27?,28?,29?,30?,31-,32+,33?,34-,35+,36-,37+/m0/s1. The van der Waals surface area contributed by atoms with Crippen molar-refractivity contribution in [3.05, 3.63) is 34.4 Å². The Kier molecular flexibility index (Phi) is 19.1. The molecule has 4 fully saturated rings. The molecule has 4 aliphatic heterocycles. The highest BCUT2D eigenvalue weighted by Crippen LogP contribution is 2.35. The third kappa shape index (κ3) is 12.3. The second-order valence-electron chi connectivity index (χ2n) is 15.5. The van der Waals surface area contributed by atoms with Gasteiger partial charge in [-0.1, -0.05) is 0 Å². The molecule has 12 unspecified atom stereocenters. The number of nitrogens with zero attached hydrogens (tertiary/aromatic N) is 1. The highest BCUT2D eigenvalue weighted by atomic mass is 16.8. The molecule has 0 aliphatic carbocycles. The van der Waals surface area contributed by atoms with Gasteiger partial charge in [0.1, 0.15) is 110 Å². The van der Waals surface area contributed by atoms with Gasteiger partial charge < -0.3 is 110 Å². The SMILES string of the molecule is CC(=O)NC1C(O)[C@@H](O)C(CO)O[C@H]1OC1C(O)[C@@H](O[C@H]2C(CO)O[C@@H](O[C@@H]3C(COc4ccc([N+](=O)[O-])cc4)O[C@@H](OCCCCCN)C(O)C3O)C(O)C2O)OC(CO)[C@@H]1O. The monoisotopic (exact) mass is 913 g/mol. The van der Waals surface area contributed by atoms with E-state index in [1.165, 1.54) is 24.3 Å². The molecule has 0 radical (unpaired) electrons. The molecule has 5 rings (SSSR count). The maximum Gasteiger partial charge on any atom is 0.269 e. The van der Waals surface area contributed by atoms with Crippen LogP contribution in [0.4, 0.5) is 5.69 Å². The van der Waals surface area contributed by atoms with E-state index in [4.69, 9.17) is 48.4 Å². The molecule has 0 spiro atoms. The van der Waals surface area contributed by atoms with Crippen LogP contribution >= 0.6 is 0 Å². The number of ether oxygens (including phenoxy) is 9. The van der Waals surface area contributed by atoms with E-state index in [1.54, 1.807) is 0 Å². The topological polar surface area (TPSA) is 404 Å². The third-order valence-electron chi connectivity index (χ3n) is 11.0. The number of nitro benzene ring substituents is 1. The number of rotatable bonds is 20. The first-order chi connectivity index (χ1) is 30.0. The predicted octanol–water partition coefficient (Wildman–Crippen LogP) is -6.46. The quantitative estimate of drug-likeness (QED) is 0.0329. The zero-order valence-electron chi connectivity index (χ0n) is 34.1. The van der Waals surface area contributed by atoms with Crippen LogP contribution in [0.2, 0.25) is 0 Å². The summed E-state index contributed by atoms with van der Waals surface area (Å²) in [6.45, 7) is -1.44. The van der Waals surface area contributed by atoms with Gasteiger partial charge in [0.2, 0.25) is 5.91 Å². The smallest absolute Gasteiger partial charge is 0.269 e. The molecule has 1 amide bonds. The van der Waals surface area contributed by atoms with Crippen molar-refractivity contribution in [1.82, 2.24) is 5.32 Å². The lowest BCUT2D eigenvalue weighted by molar-refractivity contribution is -0.386. The first-order valence-corrected chi connectivity index (χ1v) is 20.4. The van der Waals surface area contributed by atoms with Crippen LogP contribution in [0.3, 0.4) is 0 Å². The number of hydrogen-bond acceptors (Lipinski definition) is 24. The minimum absolute atomic E-state index is 0.111. The van der Waals surface area contributed by atoms with Crippen molar-refractivity contribution >= 4 is 11.6 Å². The van der Waals surface area contributed by atoms with E-state index in [-0.39, 0.29) is 18.0 Å². The predicted molar refractivity (Wildman–Crippen MR) is 204 cm³/mol. The van der Waals surface area contributed by atoms with Gasteiger partial charge in [0, 0.05) is 25.7 Å². The zero-order valence-corrected chi connectivity index (χ0v) is 34.1. The molecule has 14 N–H and O–H groups in total. The molecular formula is C37H59N3O23. The fourth-order valence-corrected chi connectivity index (χ4v) is 7.52. The Labute approximate surface area is 359 Å². The Morgan fingerprint density at radius 3 is 1.76 bits per heavy atom. The van der Waals surface area contributed by atoms with Crippen LogP contribution in [-0.4, -0.2) is 229 Å². The van der Waals surface area contributed by atoms with Crippen molar-refractivity contribution in [3.8, 4) is 5.75 Å². The normalized spacial score (nSPS) is 40.9. The maximum atomic E-state index is 12.0. The summed E-state index contributed by atoms with van der Waals surface area (Å²) in [5.41, 5.74) is 5.33. The van der Waals surface area contributed by atoms with E-state index in [2.05, 4.69) is 5.32 Å². The largest absolute Gasteiger partial charge is 0.491 e.